The molecule has 6 rings (SSSR count). The van der Waals surface area contributed by atoms with Crippen LogP contribution in [0.1, 0.15) is 31.9 Å². The first-order valence-corrected chi connectivity index (χ1v) is 12.6. The maximum atomic E-state index is 12.6. The van der Waals surface area contributed by atoms with Gasteiger partial charge in [-0.2, -0.15) is 10.2 Å². The van der Waals surface area contributed by atoms with Gasteiger partial charge in [-0.25, -0.2) is 23.8 Å². The van der Waals surface area contributed by atoms with Crippen LogP contribution in [0.15, 0.2) is 67.5 Å². The van der Waals surface area contributed by atoms with Crippen molar-refractivity contribution in [1.82, 2.24) is 34.1 Å². The third-order valence-corrected chi connectivity index (χ3v) is 6.29. The number of hydrogen-bond acceptors (Lipinski definition) is 8. The monoisotopic (exact) mass is 524 g/mol. The summed E-state index contributed by atoms with van der Waals surface area (Å²) in [5.74, 6) is 2.07. The number of anilines is 2. The lowest BCUT2D eigenvalue weighted by atomic mass is 10.1. The molecule has 0 atom stereocenters. The maximum Gasteiger partial charge on any atom is 0.410 e. The van der Waals surface area contributed by atoms with Crippen LogP contribution in [0.5, 0.6) is 11.5 Å². The minimum atomic E-state index is -0.544. The summed E-state index contributed by atoms with van der Waals surface area (Å²) in [5.41, 5.74) is 4.79. The largest absolute Gasteiger partial charge is 0.457 e. The van der Waals surface area contributed by atoms with Crippen molar-refractivity contribution >= 4 is 34.3 Å². The minimum absolute atomic E-state index is 0.328. The second-order valence-electron chi connectivity index (χ2n) is 10.4. The van der Waals surface area contributed by atoms with E-state index in [-0.39, 0.29) is 6.09 Å². The van der Waals surface area contributed by atoms with Crippen LogP contribution in [0.25, 0.3) is 16.7 Å². The minimum Gasteiger partial charge on any atom is -0.457 e. The Bertz CT molecular complexity index is 1730. The third kappa shape index (κ3) is 4.98. The summed E-state index contributed by atoms with van der Waals surface area (Å²) in [4.78, 5) is 23.0. The van der Waals surface area contributed by atoms with Gasteiger partial charge in [0.05, 0.1) is 0 Å². The summed E-state index contributed by atoms with van der Waals surface area (Å²) >= 11 is 0. The van der Waals surface area contributed by atoms with Crippen LogP contribution < -0.4 is 10.1 Å². The highest BCUT2D eigenvalue weighted by molar-refractivity contribution is 5.90. The number of nitrogens with one attached hydrogen (secondary N) is 1. The summed E-state index contributed by atoms with van der Waals surface area (Å²) in [6.07, 6.45) is 8.44. The van der Waals surface area contributed by atoms with Crippen LogP contribution in [-0.2, 0) is 4.74 Å². The van der Waals surface area contributed by atoms with Crippen LogP contribution >= 0.6 is 0 Å². The lowest BCUT2D eigenvalue weighted by molar-refractivity contribution is 0.0306. The van der Waals surface area contributed by atoms with Gasteiger partial charge in [0, 0.05) is 42.8 Å². The molecule has 1 aliphatic heterocycles. The van der Waals surface area contributed by atoms with E-state index in [4.69, 9.17) is 9.47 Å². The number of ether oxygens (including phenoxy) is 2. The van der Waals surface area contributed by atoms with Crippen molar-refractivity contribution in [3.63, 3.8) is 0 Å². The average molecular weight is 525 g/mol. The number of amides is 1. The molecule has 0 bridgehead atoms. The normalized spacial score (nSPS) is 13.6. The van der Waals surface area contributed by atoms with Gasteiger partial charge in [0.1, 0.15) is 35.3 Å². The lowest BCUT2D eigenvalue weighted by Crippen LogP contribution is -2.35. The molecule has 0 radical (unpaired) electrons. The van der Waals surface area contributed by atoms with Gasteiger partial charge in [-0.05, 0) is 69.2 Å². The Morgan fingerprint density at radius 3 is 2.62 bits per heavy atom. The molecule has 11 heteroatoms. The average Bonchev–Trinajstić information content (AvgIpc) is 3.64. The summed E-state index contributed by atoms with van der Waals surface area (Å²) in [6, 6.07) is 11.5. The first-order chi connectivity index (χ1) is 18.7. The number of aromatic nitrogens is 6. The van der Waals surface area contributed by atoms with E-state index in [1.165, 1.54) is 12.7 Å². The quantitative estimate of drug-likeness (QED) is 0.332. The van der Waals surface area contributed by atoms with Gasteiger partial charge in [0.15, 0.2) is 11.5 Å². The van der Waals surface area contributed by atoms with Crippen LogP contribution in [-0.4, -0.2) is 58.9 Å². The van der Waals surface area contributed by atoms with Gasteiger partial charge in [0.2, 0.25) is 0 Å². The fraction of sp³-hybridized carbons (Fsp3) is 0.250. The van der Waals surface area contributed by atoms with Crippen molar-refractivity contribution in [3.05, 3.63) is 78.6 Å². The maximum absolute atomic E-state index is 12.6. The molecule has 0 aliphatic carbocycles. The highest BCUT2D eigenvalue weighted by Crippen LogP contribution is 2.33. The molecular formula is C28H28N8O3. The van der Waals surface area contributed by atoms with E-state index in [0.29, 0.717) is 30.3 Å². The van der Waals surface area contributed by atoms with E-state index in [1.807, 2.05) is 82.6 Å². The van der Waals surface area contributed by atoms with E-state index in [9.17, 15) is 4.79 Å². The van der Waals surface area contributed by atoms with Gasteiger partial charge in [0.25, 0.3) is 0 Å². The summed E-state index contributed by atoms with van der Waals surface area (Å²) < 4.78 is 15.1. The predicted octanol–water partition coefficient (Wildman–Crippen LogP) is 5.25. The second kappa shape index (κ2) is 9.43. The Morgan fingerprint density at radius 1 is 1.00 bits per heavy atom. The molecule has 0 unspecified atom stereocenters. The SMILES string of the molecule is Cc1cc(Nc2ncnn3ccc(C4=CCN(C(=O)OC(C)(C)C)C4)c23)ccc1Oc1ccn2ncnc2c1. The van der Waals surface area contributed by atoms with Crippen molar-refractivity contribution in [2.45, 2.75) is 33.3 Å². The molecule has 5 heterocycles. The van der Waals surface area contributed by atoms with Crippen molar-refractivity contribution in [2.24, 2.45) is 0 Å². The molecule has 1 aliphatic rings. The van der Waals surface area contributed by atoms with Gasteiger partial charge in [-0.3, -0.25) is 0 Å². The fourth-order valence-electron chi connectivity index (χ4n) is 4.49. The number of hydrogen-bond donors (Lipinski definition) is 1. The number of rotatable bonds is 5. The van der Waals surface area contributed by atoms with E-state index < -0.39 is 5.60 Å². The number of carbonyl (C=O) groups is 1. The molecule has 0 fully saturated rings. The van der Waals surface area contributed by atoms with E-state index in [0.717, 1.165) is 33.7 Å². The van der Waals surface area contributed by atoms with Crippen LogP contribution in [0.2, 0.25) is 0 Å². The van der Waals surface area contributed by atoms with Gasteiger partial charge >= 0.3 is 6.09 Å². The Morgan fingerprint density at radius 2 is 1.79 bits per heavy atom. The smallest absolute Gasteiger partial charge is 0.410 e. The zero-order valence-corrected chi connectivity index (χ0v) is 22.1. The molecule has 4 aromatic heterocycles. The molecule has 11 nitrogen and oxygen atoms in total. The second-order valence-corrected chi connectivity index (χ2v) is 10.4. The lowest BCUT2D eigenvalue weighted by Gasteiger charge is -2.24. The Labute approximate surface area is 224 Å². The molecular weight excluding hydrogens is 496 g/mol. The molecule has 1 amide bonds. The standard InChI is InChI=1S/C28H28N8O3/c1-18-13-20(5-6-23(18)38-21-8-11-35-24(14-21)29-16-31-35)33-26-25-22(9-12-36(25)32-17-30-26)19-7-10-34(15-19)27(37)39-28(2,3)4/h5-9,11-14,16-17H,10,15H2,1-4H3,(H,30,32,33). The first kappa shape index (κ1) is 24.4. The molecule has 0 spiro atoms. The topological polar surface area (TPSA) is 111 Å². The van der Waals surface area contributed by atoms with Crippen LogP contribution in [0, 0.1) is 6.92 Å². The summed E-state index contributed by atoms with van der Waals surface area (Å²) in [5, 5.41) is 11.9. The number of pyridine rings is 1. The van der Waals surface area contributed by atoms with E-state index in [2.05, 4.69) is 25.5 Å². The number of benzene rings is 1. The van der Waals surface area contributed by atoms with Crippen molar-refractivity contribution in [3.8, 4) is 11.5 Å². The van der Waals surface area contributed by atoms with Crippen molar-refractivity contribution in [2.75, 3.05) is 18.4 Å². The molecule has 39 heavy (non-hydrogen) atoms. The highest BCUT2D eigenvalue weighted by atomic mass is 16.6. The summed E-state index contributed by atoms with van der Waals surface area (Å²) in [7, 11) is 0. The number of nitrogens with zero attached hydrogens (tertiary/aromatic N) is 7. The van der Waals surface area contributed by atoms with Gasteiger partial charge in [-0.15, -0.1) is 0 Å². The predicted molar refractivity (Wildman–Crippen MR) is 146 cm³/mol. The van der Waals surface area contributed by atoms with Crippen molar-refractivity contribution in [1.29, 1.82) is 0 Å². The zero-order chi connectivity index (χ0) is 27.1. The number of fused-ring (bicyclic) bond motifs is 2. The molecule has 1 aromatic carbocycles. The molecule has 0 saturated heterocycles. The molecule has 5 aromatic rings. The highest BCUT2D eigenvalue weighted by Gasteiger charge is 2.27. The Balaban J connectivity index is 1.22. The molecule has 0 saturated carbocycles. The van der Waals surface area contributed by atoms with E-state index in [1.54, 1.807) is 13.9 Å². The van der Waals surface area contributed by atoms with E-state index >= 15 is 0 Å². The fourth-order valence-corrected chi connectivity index (χ4v) is 4.49. The van der Waals surface area contributed by atoms with Gasteiger partial charge in [-0.1, -0.05) is 6.08 Å². The van der Waals surface area contributed by atoms with Crippen LogP contribution in [0.3, 0.4) is 0 Å². The number of aryl methyl sites for hydroxylation is 1. The Hall–Kier alpha value is -4.93. The molecule has 1 N–H and O–H groups in total. The Kier molecular flexibility index (Phi) is 5.90. The first-order valence-electron chi connectivity index (χ1n) is 12.6. The van der Waals surface area contributed by atoms with Crippen LogP contribution in [0.4, 0.5) is 16.3 Å². The zero-order valence-electron chi connectivity index (χ0n) is 22.1. The third-order valence-electron chi connectivity index (χ3n) is 6.29. The number of carbonyl (C=O) groups excluding carboxylic acids is 1. The van der Waals surface area contributed by atoms with Gasteiger partial charge < -0.3 is 19.7 Å². The summed E-state index contributed by atoms with van der Waals surface area (Å²) in [6.45, 7) is 8.53. The molecule has 198 valence electrons. The van der Waals surface area contributed by atoms with Crippen molar-refractivity contribution < 1.29 is 14.3 Å².